The van der Waals surface area contributed by atoms with Gasteiger partial charge in [0.2, 0.25) is 0 Å². The Labute approximate surface area is 182 Å². The summed E-state index contributed by atoms with van der Waals surface area (Å²) in [6.07, 6.45) is 0. The van der Waals surface area contributed by atoms with E-state index in [1.54, 1.807) is 0 Å². The zero-order chi connectivity index (χ0) is 20.9. The van der Waals surface area contributed by atoms with Gasteiger partial charge >= 0.3 is 0 Å². The molecule has 3 nitrogen and oxygen atoms in total. The van der Waals surface area contributed by atoms with E-state index in [1.807, 2.05) is 73.7 Å². The normalized spacial score (nSPS) is 11.5. The van der Waals surface area contributed by atoms with Crippen molar-refractivity contribution in [2.75, 3.05) is 0 Å². The zero-order valence-electron chi connectivity index (χ0n) is 17.0. The average Bonchev–Trinajstić information content (AvgIpc) is 3.12. The summed E-state index contributed by atoms with van der Waals surface area (Å²) in [4.78, 5) is 5.63. The van der Waals surface area contributed by atoms with Gasteiger partial charge in [-0.3, -0.25) is 0 Å². The lowest BCUT2D eigenvalue weighted by Crippen LogP contribution is -2.02. The standard InChI is InChI=1S/C26H23ClN2O/c1-19(28-30-18-21-10-5-3-6-11-21)25-17-26(22-12-7-4-8-13-22)29(20(25)2)24-15-9-14-23(27)16-24/h3-17H,18H2,1-2H3/b28-19-. The van der Waals surface area contributed by atoms with Crippen LogP contribution in [-0.2, 0) is 11.4 Å². The fourth-order valence-corrected chi connectivity index (χ4v) is 3.75. The first kappa shape index (κ1) is 20.0. The molecule has 30 heavy (non-hydrogen) atoms. The van der Waals surface area contributed by atoms with Crippen LogP contribution in [0.25, 0.3) is 16.9 Å². The van der Waals surface area contributed by atoms with E-state index in [2.05, 4.69) is 40.9 Å². The molecule has 0 saturated heterocycles. The molecule has 0 fully saturated rings. The number of oxime groups is 1. The van der Waals surface area contributed by atoms with E-state index < -0.39 is 0 Å². The Morgan fingerprint density at radius 2 is 1.60 bits per heavy atom. The number of benzene rings is 3. The van der Waals surface area contributed by atoms with Gasteiger partial charge in [0.15, 0.2) is 0 Å². The van der Waals surface area contributed by atoms with Crippen molar-refractivity contribution >= 4 is 17.3 Å². The molecule has 0 saturated carbocycles. The predicted molar refractivity (Wildman–Crippen MR) is 124 cm³/mol. The van der Waals surface area contributed by atoms with Gasteiger partial charge < -0.3 is 9.40 Å². The largest absolute Gasteiger partial charge is 0.391 e. The Hall–Kier alpha value is -3.30. The predicted octanol–water partition coefficient (Wildman–Crippen LogP) is 7.05. The number of nitrogens with zero attached hydrogens (tertiary/aromatic N) is 2. The van der Waals surface area contributed by atoms with E-state index in [1.165, 1.54) is 0 Å². The van der Waals surface area contributed by atoms with Crippen molar-refractivity contribution in [3.8, 4) is 16.9 Å². The second-order valence-electron chi connectivity index (χ2n) is 7.15. The van der Waals surface area contributed by atoms with Gasteiger partial charge in [0.1, 0.15) is 6.61 Å². The maximum absolute atomic E-state index is 6.28. The topological polar surface area (TPSA) is 26.5 Å². The molecule has 0 aliphatic heterocycles. The fraction of sp³-hybridized carbons (Fsp3) is 0.115. The molecule has 0 N–H and O–H groups in total. The van der Waals surface area contributed by atoms with Crippen molar-refractivity contribution in [3.63, 3.8) is 0 Å². The molecule has 4 rings (SSSR count). The summed E-state index contributed by atoms with van der Waals surface area (Å²) in [7, 11) is 0. The average molecular weight is 415 g/mol. The molecule has 150 valence electrons. The van der Waals surface area contributed by atoms with Crippen molar-refractivity contribution < 1.29 is 4.84 Å². The minimum Gasteiger partial charge on any atom is -0.391 e. The number of hydrogen-bond acceptors (Lipinski definition) is 2. The van der Waals surface area contributed by atoms with Crippen molar-refractivity contribution in [2.24, 2.45) is 5.16 Å². The Kier molecular flexibility index (Phi) is 6.01. The summed E-state index contributed by atoms with van der Waals surface area (Å²) in [5.41, 5.74) is 7.28. The van der Waals surface area contributed by atoms with Crippen molar-refractivity contribution in [2.45, 2.75) is 20.5 Å². The minimum atomic E-state index is 0.442. The third-order valence-electron chi connectivity index (χ3n) is 5.05. The van der Waals surface area contributed by atoms with E-state index in [0.717, 1.165) is 39.5 Å². The lowest BCUT2D eigenvalue weighted by Gasteiger charge is -2.13. The van der Waals surface area contributed by atoms with Gasteiger partial charge in [-0.05, 0) is 49.2 Å². The molecule has 0 unspecified atom stereocenters. The van der Waals surface area contributed by atoms with Crippen LogP contribution >= 0.6 is 11.6 Å². The second-order valence-corrected chi connectivity index (χ2v) is 7.58. The van der Waals surface area contributed by atoms with Crippen LogP contribution in [0.1, 0.15) is 23.7 Å². The Balaban J connectivity index is 1.73. The molecular formula is C26H23ClN2O. The maximum atomic E-state index is 6.28. The molecule has 3 aromatic carbocycles. The molecule has 4 heteroatoms. The summed E-state index contributed by atoms with van der Waals surface area (Å²) in [6, 6.07) is 30.4. The lowest BCUT2D eigenvalue weighted by atomic mass is 10.1. The first-order chi connectivity index (χ1) is 14.6. The van der Waals surface area contributed by atoms with Gasteiger partial charge in [0.05, 0.1) is 11.4 Å². The van der Waals surface area contributed by atoms with Gasteiger partial charge in [-0.2, -0.15) is 0 Å². The molecule has 0 atom stereocenters. The molecule has 4 aromatic rings. The van der Waals surface area contributed by atoms with E-state index in [0.29, 0.717) is 11.6 Å². The van der Waals surface area contributed by atoms with Crippen molar-refractivity contribution in [1.29, 1.82) is 0 Å². The highest BCUT2D eigenvalue weighted by Crippen LogP contribution is 2.30. The number of hydrogen-bond donors (Lipinski definition) is 0. The molecule has 0 spiro atoms. The minimum absolute atomic E-state index is 0.442. The summed E-state index contributed by atoms with van der Waals surface area (Å²) < 4.78 is 2.22. The van der Waals surface area contributed by atoms with Crippen LogP contribution in [0.4, 0.5) is 0 Å². The van der Waals surface area contributed by atoms with Gasteiger partial charge in [0, 0.05) is 22.0 Å². The number of halogens is 1. The van der Waals surface area contributed by atoms with Crippen LogP contribution in [0.15, 0.2) is 96.2 Å². The second kappa shape index (κ2) is 9.02. The van der Waals surface area contributed by atoms with Crippen LogP contribution < -0.4 is 0 Å². The highest BCUT2D eigenvalue weighted by Gasteiger charge is 2.17. The zero-order valence-corrected chi connectivity index (χ0v) is 17.8. The summed E-state index contributed by atoms with van der Waals surface area (Å²) in [5.74, 6) is 0. The summed E-state index contributed by atoms with van der Waals surface area (Å²) >= 11 is 6.28. The van der Waals surface area contributed by atoms with Crippen LogP contribution in [-0.4, -0.2) is 10.3 Å². The fourth-order valence-electron chi connectivity index (χ4n) is 3.57. The van der Waals surface area contributed by atoms with E-state index >= 15 is 0 Å². The van der Waals surface area contributed by atoms with Crippen molar-refractivity contribution in [3.05, 3.63) is 113 Å². The number of rotatable bonds is 6. The highest BCUT2D eigenvalue weighted by atomic mass is 35.5. The van der Waals surface area contributed by atoms with Crippen LogP contribution in [0.3, 0.4) is 0 Å². The van der Waals surface area contributed by atoms with Crippen LogP contribution in [0, 0.1) is 6.92 Å². The molecule has 0 radical (unpaired) electrons. The molecule has 0 aliphatic rings. The number of aromatic nitrogens is 1. The molecular weight excluding hydrogens is 392 g/mol. The Morgan fingerprint density at radius 1 is 0.900 bits per heavy atom. The molecule has 1 aromatic heterocycles. The monoisotopic (exact) mass is 414 g/mol. The van der Waals surface area contributed by atoms with Gasteiger partial charge in [-0.25, -0.2) is 0 Å². The van der Waals surface area contributed by atoms with Gasteiger partial charge in [-0.15, -0.1) is 0 Å². The smallest absolute Gasteiger partial charge is 0.142 e. The Bertz CT molecular complexity index is 1160. The molecule has 1 heterocycles. The van der Waals surface area contributed by atoms with Crippen molar-refractivity contribution in [1.82, 2.24) is 4.57 Å². The van der Waals surface area contributed by atoms with Crippen LogP contribution in [0.2, 0.25) is 5.02 Å². The molecule has 0 aliphatic carbocycles. The summed E-state index contributed by atoms with van der Waals surface area (Å²) in [6.45, 7) is 4.51. The third kappa shape index (κ3) is 4.32. The van der Waals surface area contributed by atoms with Gasteiger partial charge in [-0.1, -0.05) is 83.5 Å². The summed E-state index contributed by atoms with van der Waals surface area (Å²) in [5, 5.41) is 5.09. The SMILES string of the molecule is C/C(=N/OCc1ccccc1)c1cc(-c2ccccc2)n(-c2cccc(Cl)c2)c1C. The first-order valence-corrected chi connectivity index (χ1v) is 10.3. The lowest BCUT2D eigenvalue weighted by molar-refractivity contribution is 0.130. The molecule has 0 bridgehead atoms. The maximum Gasteiger partial charge on any atom is 0.142 e. The van der Waals surface area contributed by atoms with E-state index in [-0.39, 0.29) is 0 Å². The highest BCUT2D eigenvalue weighted by molar-refractivity contribution is 6.30. The first-order valence-electron chi connectivity index (χ1n) is 9.88. The van der Waals surface area contributed by atoms with E-state index in [4.69, 9.17) is 16.4 Å². The third-order valence-corrected chi connectivity index (χ3v) is 5.28. The molecule has 0 amide bonds. The Morgan fingerprint density at radius 3 is 2.30 bits per heavy atom. The van der Waals surface area contributed by atoms with E-state index in [9.17, 15) is 0 Å². The van der Waals surface area contributed by atoms with Crippen LogP contribution in [0.5, 0.6) is 0 Å². The van der Waals surface area contributed by atoms with Gasteiger partial charge in [0.25, 0.3) is 0 Å². The quantitative estimate of drug-likeness (QED) is 0.245.